The van der Waals surface area contributed by atoms with Crippen molar-refractivity contribution < 1.29 is 36.8 Å². The van der Waals surface area contributed by atoms with E-state index in [0.29, 0.717) is 47.8 Å². The molecule has 5 amide bonds. The van der Waals surface area contributed by atoms with Gasteiger partial charge in [-0.3, -0.25) is 38.9 Å². The van der Waals surface area contributed by atoms with Gasteiger partial charge in [0.25, 0.3) is 17.7 Å². The van der Waals surface area contributed by atoms with E-state index in [4.69, 9.17) is 11.6 Å². The van der Waals surface area contributed by atoms with Gasteiger partial charge in [0.2, 0.25) is 27.8 Å². The highest BCUT2D eigenvalue weighted by molar-refractivity contribution is 7.94. The molecule has 2 saturated heterocycles. The van der Waals surface area contributed by atoms with Crippen molar-refractivity contribution in [3.8, 4) is 0 Å². The molecule has 20 heteroatoms. The Balaban J connectivity index is 0.838. The van der Waals surface area contributed by atoms with Crippen LogP contribution in [0.3, 0.4) is 0 Å². The number of amides is 5. The summed E-state index contributed by atoms with van der Waals surface area (Å²) >= 11 is 6.30. The van der Waals surface area contributed by atoms with Gasteiger partial charge in [-0.15, -0.1) is 0 Å². The summed E-state index contributed by atoms with van der Waals surface area (Å²) in [6.45, 7) is 9.58. The van der Waals surface area contributed by atoms with Crippen molar-refractivity contribution in [3.05, 3.63) is 93.9 Å². The largest absolute Gasteiger partial charge is 0.385 e. The number of aromatic nitrogens is 2. The van der Waals surface area contributed by atoms with Gasteiger partial charge in [-0.05, 0) is 121 Å². The fourth-order valence-corrected chi connectivity index (χ4v) is 8.47. The van der Waals surface area contributed by atoms with Crippen LogP contribution in [0.25, 0.3) is 0 Å². The molecule has 1 atom stereocenters. The van der Waals surface area contributed by atoms with Crippen molar-refractivity contribution in [2.75, 3.05) is 46.9 Å². The highest BCUT2D eigenvalue weighted by Crippen LogP contribution is 2.32. The van der Waals surface area contributed by atoms with E-state index in [2.05, 4.69) is 46.2 Å². The molecule has 4 heterocycles. The zero-order valence-electron chi connectivity index (χ0n) is 35.8. The number of benzene rings is 3. The predicted molar refractivity (Wildman–Crippen MR) is 241 cm³/mol. The highest BCUT2D eigenvalue weighted by atomic mass is 35.5. The molecular weight excluding hydrogens is 867 g/mol. The third-order valence-electron chi connectivity index (χ3n) is 11.3. The van der Waals surface area contributed by atoms with Crippen LogP contribution in [-0.2, 0) is 19.6 Å². The average molecular weight is 917 g/mol. The number of sulfonamides is 1. The molecule has 0 bridgehead atoms. The number of rotatable bonds is 15. The maximum Gasteiger partial charge on any atom is 0.262 e. The number of likely N-dealkylation sites (tertiary alicyclic amines) is 1. The molecule has 0 radical (unpaired) electrons. The monoisotopic (exact) mass is 916 g/mol. The SMILES string of the molecule is Cc1cnc(Nc2ccc(C(=O)NC3CCN(CCCCNc4ccc5c(c4)C(=O)N(C4CCC(=O)NC4=O)C5=O)CC3)c(F)c2)nc1Nc1ccc(Cl)c(NS(=O)(=O)C(C)(C)C)c1. The molecule has 1 aromatic heterocycles. The summed E-state index contributed by atoms with van der Waals surface area (Å²) in [5.74, 6) is -2.79. The van der Waals surface area contributed by atoms with Crippen LogP contribution in [0.4, 0.5) is 38.9 Å². The number of unbranched alkanes of at least 4 members (excludes halogenated alkanes) is 1. The summed E-state index contributed by atoms with van der Waals surface area (Å²) in [4.78, 5) is 75.2. The first kappa shape index (κ1) is 45.8. The molecule has 3 aliphatic heterocycles. The molecule has 3 aliphatic rings. The van der Waals surface area contributed by atoms with Gasteiger partial charge >= 0.3 is 0 Å². The van der Waals surface area contributed by atoms with Crippen molar-refractivity contribution >= 4 is 85.7 Å². The minimum absolute atomic E-state index is 0.0597. The number of imide groups is 2. The van der Waals surface area contributed by atoms with Crippen LogP contribution in [0.1, 0.15) is 95.9 Å². The van der Waals surface area contributed by atoms with E-state index in [9.17, 15) is 32.4 Å². The molecule has 0 spiro atoms. The molecular formula is C44H50ClFN10O7S. The molecule has 6 N–H and O–H groups in total. The lowest BCUT2D eigenvalue weighted by Gasteiger charge is -2.32. The Morgan fingerprint density at radius 2 is 1.61 bits per heavy atom. The number of fused-ring (bicyclic) bond motifs is 1. The zero-order valence-corrected chi connectivity index (χ0v) is 37.4. The van der Waals surface area contributed by atoms with Gasteiger partial charge in [-0.1, -0.05) is 11.6 Å². The summed E-state index contributed by atoms with van der Waals surface area (Å²) in [5, 5.41) is 14.8. The van der Waals surface area contributed by atoms with Crippen LogP contribution >= 0.6 is 11.6 Å². The van der Waals surface area contributed by atoms with Crippen LogP contribution in [0.15, 0.2) is 60.8 Å². The standard InChI is InChI=1S/C44H50ClFN10O7S/c1-25-24-48-43(53-38(25)49-29-9-12-33(45)35(23-29)54-64(62,63)44(2,3)4)51-28-8-11-31(34(46)22-28)39(58)50-26-15-19-55(20-16-26)18-6-5-17-47-27-7-10-30-32(21-27)42(61)56(41(30)60)36-13-14-37(57)52-40(36)59/h7-12,21-24,26,36,47,54H,5-6,13-20H2,1-4H3,(H,50,58)(H,52,57,59)(H2,48,49,51,53). The maximum absolute atomic E-state index is 15.3. The van der Waals surface area contributed by atoms with Gasteiger partial charge < -0.3 is 26.2 Å². The number of halogens is 2. The van der Waals surface area contributed by atoms with Gasteiger partial charge in [0.05, 0.1) is 32.1 Å². The first-order valence-electron chi connectivity index (χ1n) is 21.0. The Kier molecular flexibility index (Phi) is 13.5. The van der Waals surface area contributed by atoms with E-state index >= 15 is 4.39 Å². The topological polar surface area (TPSA) is 224 Å². The lowest BCUT2D eigenvalue weighted by molar-refractivity contribution is -0.136. The van der Waals surface area contributed by atoms with Crippen molar-refractivity contribution in [2.45, 2.75) is 83.1 Å². The molecule has 4 aromatic rings. The van der Waals surface area contributed by atoms with Gasteiger partial charge in [-0.2, -0.15) is 4.98 Å². The van der Waals surface area contributed by atoms with Crippen molar-refractivity contribution in [3.63, 3.8) is 0 Å². The number of carbonyl (C=O) groups is 5. The quantitative estimate of drug-likeness (QED) is 0.0588. The fraction of sp³-hybridized carbons (Fsp3) is 0.386. The van der Waals surface area contributed by atoms with Crippen molar-refractivity contribution in [1.82, 2.24) is 30.4 Å². The number of nitrogens with zero attached hydrogens (tertiary/aromatic N) is 4. The number of hydrogen-bond acceptors (Lipinski definition) is 13. The number of aryl methyl sites for hydroxylation is 1. The first-order valence-corrected chi connectivity index (χ1v) is 22.8. The van der Waals surface area contributed by atoms with E-state index in [0.717, 1.165) is 37.4 Å². The van der Waals surface area contributed by atoms with E-state index in [-0.39, 0.29) is 52.2 Å². The van der Waals surface area contributed by atoms with E-state index in [1.807, 2.05) is 0 Å². The third-order valence-corrected chi connectivity index (χ3v) is 13.7. The van der Waals surface area contributed by atoms with Crippen LogP contribution in [0.5, 0.6) is 0 Å². The fourth-order valence-electron chi connectivity index (χ4n) is 7.49. The third kappa shape index (κ3) is 10.4. The van der Waals surface area contributed by atoms with Crippen molar-refractivity contribution in [2.24, 2.45) is 0 Å². The molecule has 338 valence electrons. The average Bonchev–Trinajstić information content (AvgIpc) is 3.48. The summed E-state index contributed by atoms with van der Waals surface area (Å²) in [7, 11) is -3.73. The predicted octanol–water partition coefficient (Wildman–Crippen LogP) is 6.09. The normalized spacial score (nSPS) is 17.2. The second-order valence-corrected chi connectivity index (χ2v) is 19.9. The van der Waals surface area contributed by atoms with Gasteiger partial charge in [0.1, 0.15) is 17.7 Å². The molecule has 1 unspecified atom stereocenters. The zero-order chi connectivity index (χ0) is 45.9. The summed E-state index contributed by atoms with van der Waals surface area (Å²) in [5.41, 5.74) is 2.79. The Labute approximate surface area is 375 Å². The smallest absolute Gasteiger partial charge is 0.262 e. The van der Waals surface area contributed by atoms with Crippen LogP contribution in [0, 0.1) is 12.7 Å². The highest BCUT2D eigenvalue weighted by Gasteiger charge is 2.44. The minimum atomic E-state index is -3.73. The lowest BCUT2D eigenvalue weighted by atomic mass is 10.0. The summed E-state index contributed by atoms with van der Waals surface area (Å²) in [6.07, 6.45) is 4.92. The van der Waals surface area contributed by atoms with Crippen LogP contribution < -0.4 is 31.3 Å². The van der Waals surface area contributed by atoms with E-state index < -0.39 is 56.2 Å². The molecule has 2 fully saturated rings. The second-order valence-electron chi connectivity index (χ2n) is 17.0. The molecule has 7 rings (SSSR count). The first-order chi connectivity index (χ1) is 30.4. The molecule has 0 saturated carbocycles. The minimum Gasteiger partial charge on any atom is -0.385 e. The molecule has 17 nitrogen and oxygen atoms in total. The number of anilines is 6. The summed E-state index contributed by atoms with van der Waals surface area (Å²) in [6, 6.07) is 12.8. The van der Waals surface area contributed by atoms with Crippen LogP contribution in [-0.4, -0.2) is 101 Å². The number of hydrogen-bond donors (Lipinski definition) is 6. The number of nitrogens with one attached hydrogen (secondary N) is 6. The molecule has 3 aromatic carbocycles. The number of piperidine rings is 2. The van der Waals surface area contributed by atoms with Gasteiger partial charge in [-0.25, -0.2) is 17.8 Å². The Morgan fingerprint density at radius 3 is 2.33 bits per heavy atom. The molecule has 64 heavy (non-hydrogen) atoms. The van der Waals surface area contributed by atoms with Crippen LogP contribution in [0.2, 0.25) is 5.02 Å². The van der Waals surface area contributed by atoms with Gasteiger partial charge in [0, 0.05) is 60.9 Å². The Hall–Kier alpha value is -6.18. The van der Waals surface area contributed by atoms with E-state index in [1.54, 1.807) is 76.4 Å². The second kappa shape index (κ2) is 18.9. The Bertz CT molecular complexity index is 2620. The lowest BCUT2D eigenvalue weighted by Crippen LogP contribution is -2.54. The number of carbonyl (C=O) groups excluding carboxylic acids is 5. The summed E-state index contributed by atoms with van der Waals surface area (Å²) < 4.78 is 42.3. The van der Waals surface area contributed by atoms with Gasteiger partial charge in [0.15, 0.2) is 0 Å². The Morgan fingerprint density at radius 1 is 0.906 bits per heavy atom. The maximum atomic E-state index is 15.3. The van der Waals surface area contributed by atoms with Crippen molar-refractivity contribution in [1.29, 1.82) is 0 Å². The molecule has 0 aliphatic carbocycles. The van der Waals surface area contributed by atoms with E-state index in [1.165, 1.54) is 12.1 Å².